The molecule has 1 amide bonds. The van der Waals surface area contributed by atoms with Gasteiger partial charge >= 0.3 is 5.69 Å². The summed E-state index contributed by atoms with van der Waals surface area (Å²) >= 11 is 0. The molecule has 0 aliphatic rings. The summed E-state index contributed by atoms with van der Waals surface area (Å²) in [4.78, 5) is 38.2. The van der Waals surface area contributed by atoms with E-state index in [4.69, 9.17) is 0 Å². The molecule has 0 aliphatic carbocycles. The van der Waals surface area contributed by atoms with Crippen LogP contribution in [0.25, 0.3) is 0 Å². The third-order valence-corrected chi connectivity index (χ3v) is 5.20. The molecule has 0 saturated heterocycles. The van der Waals surface area contributed by atoms with E-state index in [1.165, 1.54) is 24.3 Å². The molecule has 10 nitrogen and oxygen atoms in total. The molecule has 1 aromatic heterocycles. The molecular formula is C18H17N5O5S. The van der Waals surface area contributed by atoms with Gasteiger partial charge in [-0.1, -0.05) is 12.1 Å². The number of aromatic amines is 2. The van der Waals surface area contributed by atoms with E-state index in [9.17, 15) is 22.8 Å². The van der Waals surface area contributed by atoms with Gasteiger partial charge in [-0.25, -0.2) is 13.2 Å². The van der Waals surface area contributed by atoms with E-state index in [0.717, 1.165) is 11.8 Å². The number of amides is 1. The Morgan fingerprint density at radius 2 is 1.72 bits per heavy atom. The Bertz CT molecular complexity index is 1260. The molecule has 0 fully saturated rings. The van der Waals surface area contributed by atoms with Gasteiger partial charge in [0.2, 0.25) is 0 Å². The molecule has 0 spiro atoms. The van der Waals surface area contributed by atoms with Crippen molar-refractivity contribution >= 4 is 27.3 Å². The first kappa shape index (κ1) is 19.9. The molecule has 2 aromatic carbocycles. The summed E-state index contributed by atoms with van der Waals surface area (Å²) in [7, 11) is -4.22. The van der Waals surface area contributed by atoms with Crippen molar-refractivity contribution in [2.24, 2.45) is 0 Å². The fraction of sp³-hybridized carbons (Fsp3) is 0.0556. The highest BCUT2D eigenvalue weighted by Gasteiger charge is 2.19. The summed E-state index contributed by atoms with van der Waals surface area (Å²) in [6, 6.07) is 13.0. The zero-order valence-electron chi connectivity index (χ0n) is 15.1. The van der Waals surface area contributed by atoms with Gasteiger partial charge < -0.3 is 4.98 Å². The molecule has 0 saturated carbocycles. The number of aromatic nitrogens is 2. The number of aryl methyl sites for hydroxylation is 1. The average Bonchev–Trinajstić information content (AvgIpc) is 2.66. The third kappa shape index (κ3) is 4.90. The van der Waals surface area contributed by atoms with Crippen molar-refractivity contribution in [1.29, 1.82) is 0 Å². The molecule has 0 atom stereocenters. The molecule has 0 bridgehead atoms. The SMILES string of the molecule is Cc1cccc(NNC(=O)c2ccc(NS(=O)(=O)c3c[nH]c(=O)[nH]c3=O)cc2)c1. The summed E-state index contributed by atoms with van der Waals surface area (Å²) < 4.78 is 26.8. The van der Waals surface area contributed by atoms with Gasteiger partial charge in [0.1, 0.15) is 0 Å². The van der Waals surface area contributed by atoms with Gasteiger partial charge in [-0.05, 0) is 48.9 Å². The Morgan fingerprint density at radius 1 is 1.00 bits per heavy atom. The second-order valence-electron chi connectivity index (χ2n) is 6.07. The first-order chi connectivity index (χ1) is 13.7. The Balaban J connectivity index is 1.68. The number of hydrogen-bond acceptors (Lipinski definition) is 6. The number of hydrazine groups is 1. The molecular weight excluding hydrogens is 398 g/mol. The Kier molecular flexibility index (Phi) is 5.50. The van der Waals surface area contributed by atoms with Crippen LogP contribution in [0.1, 0.15) is 15.9 Å². The van der Waals surface area contributed by atoms with Crippen LogP contribution in [-0.2, 0) is 10.0 Å². The third-order valence-electron chi connectivity index (χ3n) is 3.81. The minimum Gasteiger partial charge on any atom is -0.313 e. The number of benzene rings is 2. The molecule has 5 N–H and O–H groups in total. The second kappa shape index (κ2) is 8.02. The van der Waals surface area contributed by atoms with Crippen LogP contribution in [0.2, 0.25) is 0 Å². The van der Waals surface area contributed by atoms with E-state index in [1.54, 1.807) is 6.07 Å². The lowest BCUT2D eigenvalue weighted by Gasteiger charge is -2.10. The topological polar surface area (TPSA) is 153 Å². The van der Waals surface area contributed by atoms with Crippen molar-refractivity contribution in [2.75, 3.05) is 10.1 Å². The highest BCUT2D eigenvalue weighted by Crippen LogP contribution is 2.14. The summed E-state index contributed by atoms with van der Waals surface area (Å²) in [5, 5.41) is 0. The Hall–Kier alpha value is -3.86. The van der Waals surface area contributed by atoms with Crippen LogP contribution in [0.15, 0.2) is 69.2 Å². The van der Waals surface area contributed by atoms with Gasteiger partial charge in [0.25, 0.3) is 21.5 Å². The van der Waals surface area contributed by atoms with Gasteiger partial charge in [0, 0.05) is 17.4 Å². The fourth-order valence-electron chi connectivity index (χ4n) is 2.42. The maximum absolute atomic E-state index is 12.3. The predicted octanol–water partition coefficient (Wildman–Crippen LogP) is 0.929. The van der Waals surface area contributed by atoms with Crippen LogP contribution in [0.5, 0.6) is 0 Å². The molecule has 0 radical (unpaired) electrons. The van der Waals surface area contributed by atoms with Crippen molar-refractivity contribution in [3.05, 3.63) is 86.7 Å². The van der Waals surface area contributed by atoms with Crippen molar-refractivity contribution in [3.8, 4) is 0 Å². The number of hydrogen-bond donors (Lipinski definition) is 5. The maximum atomic E-state index is 12.3. The zero-order chi connectivity index (χ0) is 21.0. The van der Waals surface area contributed by atoms with Crippen LogP contribution in [0.4, 0.5) is 11.4 Å². The van der Waals surface area contributed by atoms with Crippen LogP contribution in [0, 0.1) is 6.92 Å². The van der Waals surface area contributed by atoms with Crippen molar-refractivity contribution in [1.82, 2.24) is 15.4 Å². The fourth-order valence-corrected chi connectivity index (χ4v) is 3.49. The number of rotatable bonds is 6. The second-order valence-corrected chi connectivity index (χ2v) is 7.72. The highest BCUT2D eigenvalue weighted by atomic mass is 32.2. The van der Waals surface area contributed by atoms with E-state index in [0.29, 0.717) is 5.69 Å². The largest absolute Gasteiger partial charge is 0.325 e. The molecule has 29 heavy (non-hydrogen) atoms. The summed E-state index contributed by atoms with van der Waals surface area (Å²) in [5.41, 5.74) is 5.65. The van der Waals surface area contributed by atoms with Crippen molar-refractivity contribution in [2.45, 2.75) is 11.8 Å². The first-order valence-corrected chi connectivity index (χ1v) is 9.81. The molecule has 3 rings (SSSR count). The quantitative estimate of drug-likeness (QED) is 0.378. The summed E-state index contributed by atoms with van der Waals surface area (Å²) in [6.07, 6.45) is 0.808. The van der Waals surface area contributed by atoms with Crippen LogP contribution in [0.3, 0.4) is 0 Å². The van der Waals surface area contributed by atoms with Gasteiger partial charge in [-0.3, -0.25) is 30.1 Å². The van der Waals surface area contributed by atoms with Crippen LogP contribution in [-0.4, -0.2) is 24.3 Å². The minimum absolute atomic E-state index is 0.138. The molecule has 150 valence electrons. The van der Waals surface area contributed by atoms with Gasteiger partial charge in [-0.15, -0.1) is 0 Å². The standard InChI is InChI=1S/C18H17N5O5S/c1-11-3-2-4-14(9-11)21-22-16(24)12-5-7-13(8-6-12)23-29(27,28)15-10-19-18(26)20-17(15)25/h2-10,21,23H,1H3,(H,22,24)(H2,19,20,25,26). The lowest BCUT2D eigenvalue weighted by Crippen LogP contribution is -2.29. The normalized spacial score (nSPS) is 10.9. The summed E-state index contributed by atoms with van der Waals surface area (Å²) in [6.45, 7) is 1.92. The van der Waals surface area contributed by atoms with Gasteiger partial charge in [0.05, 0.1) is 5.69 Å². The van der Waals surface area contributed by atoms with E-state index in [-0.39, 0.29) is 11.3 Å². The number of anilines is 2. The summed E-state index contributed by atoms with van der Waals surface area (Å²) in [5.74, 6) is -0.419. The van der Waals surface area contributed by atoms with Gasteiger partial charge in [-0.2, -0.15) is 0 Å². The Labute approximate surface area is 165 Å². The van der Waals surface area contributed by atoms with E-state index in [2.05, 4.69) is 20.6 Å². The van der Waals surface area contributed by atoms with Crippen molar-refractivity contribution < 1.29 is 13.2 Å². The number of carbonyl (C=O) groups is 1. The first-order valence-electron chi connectivity index (χ1n) is 8.32. The van der Waals surface area contributed by atoms with Gasteiger partial charge in [0.15, 0.2) is 4.90 Å². The number of nitrogens with one attached hydrogen (secondary N) is 5. The molecule has 0 unspecified atom stereocenters. The lowest BCUT2D eigenvalue weighted by molar-refractivity contribution is 0.0962. The maximum Gasteiger partial charge on any atom is 0.325 e. The monoisotopic (exact) mass is 415 g/mol. The minimum atomic E-state index is -4.22. The Morgan fingerprint density at radius 3 is 2.38 bits per heavy atom. The number of carbonyl (C=O) groups excluding carboxylic acids is 1. The van der Waals surface area contributed by atoms with E-state index in [1.807, 2.05) is 30.1 Å². The average molecular weight is 415 g/mol. The highest BCUT2D eigenvalue weighted by molar-refractivity contribution is 7.92. The van der Waals surface area contributed by atoms with E-state index < -0.39 is 32.1 Å². The van der Waals surface area contributed by atoms with E-state index >= 15 is 0 Å². The molecule has 1 heterocycles. The molecule has 3 aromatic rings. The number of sulfonamides is 1. The molecule has 11 heteroatoms. The van der Waals surface area contributed by atoms with Crippen molar-refractivity contribution in [3.63, 3.8) is 0 Å². The lowest BCUT2D eigenvalue weighted by atomic mass is 10.2. The van der Waals surface area contributed by atoms with Crippen LogP contribution < -0.4 is 26.8 Å². The number of H-pyrrole nitrogens is 2. The smallest absolute Gasteiger partial charge is 0.313 e. The predicted molar refractivity (Wildman–Crippen MR) is 107 cm³/mol. The molecule has 0 aliphatic heterocycles. The zero-order valence-corrected chi connectivity index (χ0v) is 16.0. The van der Waals surface area contributed by atoms with Crippen LogP contribution >= 0.6 is 0 Å².